The number of aromatic hydroxyl groups is 1. The lowest BCUT2D eigenvalue weighted by molar-refractivity contribution is 0.477. The third kappa shape index (κ3) is 3.63. The van der Waals surface area contributed by atoms with E-state index in [1.165, 1.54) is 0 Å². The van der Waals surface area contributed by atoms with Crippen LogP contribution in [-0.4, -0.2) is 16.3 Å². The number of anilines is 1. The molecule has 0 spiro atoms. The summed E-state index contributed by atoms with van der Waals surface area (Å²) in [6, 6.07) is 1.79. The third-order valence-electron chi connectivity index (χ3n) is 2.09. The standard InChI is InChI=1S/C11H14Cl2N2OS/c1-5(2)14-11(17)15-8-4-7(12)6(3)9(13)10(8)16/h4-5,16H,1-3H3,(H2,14,15,17). The second-order valence-electron chi connectivity index (χ2n) is 3.95. The molecule has 3 nitrogen and oxygen atoms in total. The lowest BCUT2D eigenvalue weighted by Crippen LogP contribution is -2.33. The monoisotopic (exact) mass is 292 g/mol. The van der Waals surface area contributed by atoms with Crippen LogP contribution in [0.1, 0.15) is 19.4 Å². The largest absolute Gasteiger partial charge is 0.504 e. The second kappa shape index (κ2) is 5.76. The fourth-order valence-corrected chi connectivity index (χ4v) is 2.02. The van der Waals surface area contributed by atoms with Crippen LogP contribution in [0.2, 0.25) is 10.0 Å². The van der Waals surface area contributed by atoms with Gasteiger partial charge < -0.3 is 15.7 Å². The number of hydrogen-bond donors (Lipinski definition) is 3. The minimum absolute atomic E-state index is 0.0542. The van der Waals surface area contributed by atoms with Crippen LogP contribution < -0.4 is 10.6 Å². The molecule has 0 aliphatic heterocycles. The summed E-state index contributed by atoms with van der Waals surface area (Å²) < 4.78 is 0. The van der Waals surface area contributed by atoms with Gasteiger partial charge >= 0.3 is 0 Å². The molecule has 0 fully saturated rings. The van der Waals surface area contributed by atoms with E-state index >= 15 is 0 Å². The second-order valence-corrected chi connectivity index (χ2v) is 5.14. The average molecular weight is 293 g/mol. The van der Waals surface area contributed by atoms with Crippen LogP contribution in [0.4, 0.5) is 5.69 Å². The molecular formula is C11H14Cl2N2OS. The Labute approximate surface area is 116 Å². The normalized spacial score (nSPS) is 10.5. The van der Waals surface area contributed by atoms with Gasteiger partial charge in [-0.1, -0.05) is 23.2 Å². The van der Waals surface area contributed by atoms with Gasteiger partial charge in [-0.2, -0.15) is 0 Å². The molecule has 6 heteroatoms. The van der Waals surface area contributed by atoms with Gasteiger partial charge in [-0.15, -0.1) is 0 Å². The van der Waals surface area contributed by atoms with Gasteiger partial charge in [-0.05, 0) is 44.6 Å². The zero-order valence-corrected chi connectivity index (χ0v) is 12.1. The van der Waals surface area contributed by atoms with E-state index in [4.69, 9.17) is 35.4 Å². The molecule has 0 aliphatic rings. The third-order valence-corrected chi connectivity index (χ3v) is 3.16. The highest BCUT2D eigenvalue weighted by Gasteiger charge is 2.13. The first-order valence-corrected chi connectivity index (χ1v) is 6.24. The first-order chi connectivity index (χ1) is 7.82. The maximum absolute atomic E-state index is 9.85. The van der Waals surface area contributed by atoms with Crippen molar-refractivity contribution in [3.05, 3.63) is 21.7 Å². The Bertz CT molecular complexity index is 450. The topological polar surface area (TPSA) is 44.3 Å². The number of hydrogen-bond acceptors (Lipinski definition) is 2. The van der Waals surface area contributed by atoms with E-state index < -0.39 is 0 Å². The molecule has 0 saturated carbocycles. The smallest absolute Gasteiger partial charge is 0.171 e. The van der Waals surface area contributed by atoms with Gasteiger partial charge in [-0.25, -0.2) is 0 Å². The Balaban J connectivity index is 2.96. The predicted octanol–water partition coefficient (Wildman–Crippen LogP) is 3.70. The molecule has 1 aromatic rings. The van der Waals surface area contributed by atoms with Gasteiger partial charge in [0.2, 0.25) is 0 Å². The number of phenols is 1. The van der Waals surface area contributed by atoms with Gasteiger partial charge in [0, 0.05) is 11.1 Å². The van der Waals surface area contributed by atoms with Crippen LogP contribution in [0.25, 0.3) is 0 Å². The molecule has 0 radical (unpaired) electrons. The summed E-state index contributed by atoms with van der Waals surface area (Å²) >= 11 is 17.0. The lowest BCUT2D eigenvalue weighted by Gasteiger charge is -2.15. The van der Waals surface area contributed by atoms with Gasteiger partial charge in [-0.3, -0.25) is 0 Å². The Hall–Kier alpha value is -0.710. The molecule has 0 heterocycles. The number of nitrogens with one attached hydrogen (secondary N) is 2. The van der Waals surface area contributed by atoms with Gasteiger partial charge in [0.25, 0.3) is 0 Å². The highest BCUT2D eigenvalue weighted by molar-refractivity contribution is 7.80. The molecule has 0 atom stereocenters. The maximum Gasteiger partial charge on any atom is 0.171 e. The van der Waals surface area contributed by atoms with Crippen molar-refractivity contribution >= 4 is 46.2 Å². The van der Waals surface area contributed by atoms with Crippen molar-refractivity contribution in [3.63, 3.8) is 0 Å². The van der Waals surface area contributed by atoms with Crippen molar-refractivity contribution in [1.29, 1.82) is 0 Å². The molecule has 1 rings (SSSR count). The molecule has 94 valence electrons. The minimum atomic E-state index is -0.0542. The van der Waals surface area contributed by atoms with Crippen molar-refractivity contribution in [1.82, 2.24) is 5.32 Å². The highest BCUT2D eigenvalue weighted by Crippen LogP contribution is 2.38. The van der Waals surface area contributed by atoms with E-state index in [2.05, 4.69) is 10.6 Å². The van der Waals surface area contributed by atoms with Crippen LogP contribution in [0.15, 0.2) is 6.07 Å². The van der Waals surface area contributed by atoms with E-state index in [9.17, 15) is 5.11 Å². The van der Waals surface area contributed by atoms with E-state index in [1.54, 1.807) is 13.0 Å². The number of rotatable bonds is 2. The van der Waals surface area contributed by atoms with E-state index in [-0.39, 0.29) is 16.8 Å². The predicted molar refractivity (Wildman–Crippen MR) is 77.4 cm³/mol. The molecule has 1 aromatic carbocycles. The molecule has 0 aromatic heterocycles. The lowest BCUT2D eigenvalue weighted by atomic mass is 10.2. The Morgan fingerprint density at radius 1 is 1.41 bits per heavy atom. The fraction of sp³-hybridized carbons (Fsp3) is 0.364. The Kier molecular flexibility index (Phi) is 4.86. The molecule has 17 heavy (non-hydrogen) atoms. The zero-order chi connectivity index (χ0) is 13.2. The summed E-state index contributed by atoms with van der Waals surface area (Å²) in [6.07, 6.45) is 0. The fourth-order valence-electron chi connectivity index (χ4n) is 1.22. The van der Waals surface area contributed by atoms with E-state index in [1.807, 2.05) is 13.8 Å². The molecule has 0 aliphatic carbocycles. The van der Waals surface area contributed by atoms with Crippen molar-refractivity contribution in [2.45, 2.75) is 26.8 Å². The summed E-state index contributed by atoms with van der Waals surface area (Å²) in [6.45, 7) is 5.66. The summed E-state index contributed by atoms with van der Waals surface area (Å²) in [5.74, 6) is -0.0542. The summed E-state index contributed by atoms with van der Waals surface area (Å²) in [5.41, 5.74) is 1.03. The van der Waals surface area contributed by atoms with E-state index in [0.717, 1.165) is 0 Å². The van der Waals surface area contributed by atoms with Gasteiger partial charge in [0.15, 0.2) is 10.9 Å². The first kappa shape index (κ1) is 14.4. The molecular weight excluding hydrogens is 279 g/mol. The summed E-state index contributed by atoms with van der Waals surface area (Å²) in [7, 11) is 0. The molecule has 0 amide bonds. The minimum Gasteiger partial charge on any atom is -0.504 e. The van der Waals surface area contributed by atoms with Crippen LogP contribution in [-0.2, 0) is 0 Å². The SMILES string of the molecule is Cc1c(Cl)cc(NC(=S)NC(C)C)c(O)c1Cl. The van der Waals surface area contributed by atoms with Crippen LogP contribution in [0.3, 0.4) is 0 Å². The first-order valence-electron chi connectivity index (χ1n) is 5.08. The molecule has 0 saturated heterocycles. The average Bonchev–Trinajstić information content (AvgIpc) is 2.21. The molecule has 3 N–H and O–H groups in total. The number of phenolic OH excluding ortho intramolecular Hbond substituents is 1. The summed E-state index contributed by atoms with van der Waals surface area (Å²) in [4.78, 5) is 0. The number of halogens is 2. The Morgan fingerprint density at radius 3 is 2.53 bits per heavy atom. The van der Waals surface area contributed by atoms with Crippen LogP contribution in [0, 0.1) is 6.92 Å². The van der Waals surface area contributed by atoms with Crippen molar-refractivity contribution in [3.8, 4) is 5.75 Å². The Morgan fingerprint density at radius 2 is 2.00 bits per heavy atom. The van der Waals surface area contributed by atoms with Crippen molar-refractivity contribution in [2.75, 3.05) is 5.32 Å². The van der Waals surface area contributed by atoms with Crippen molar-refractivity contribution in [2.24, 2.45) is 0 Å². The molecule has 0 unspecified atom stereocenters. The number of thiocarbonyl (C=S) groups is 1. The van der Waals surface area contributed by atoms with Gasteiger partial charge in [0.05, 0.1) is 10.7 Å². The van der Waals surface area contributed by atoms with E-state index in [0.29, 0.717) is 21.4 Å². The number of benzene rings is 1. The highest BCUT2D eigenvalue weighted by atomic mass is 35.5. The van der Waals surface area contributed by atoms with Gasteiger partial charge in [0.1, 0.15) is 0 Å². The zero-order valence-electron chi connectivity index (χ0n) is 9.77. The summed E-state index contributed by atoms with van der Waals surface area (Å²) in [5, 5.41) is 16.8. The van der Waals surface area contributed by atoms with Crippen molar-refractivity contribution < 1.29 is 5.11 Å². The maximum atomic E-state index is 9.85. The molecule has 0 bridgehead atoms. The van der Waals surface area contributed by atoms with Crippen LogP contribution >= 0.6 is 35.4 Å². The van der Waals surface area contributed by atoms with Crippen LogP contribution in [0.5, 0.6) is 5.75 Å². The quantitative estimate of drug-likeness (QED) is 0.574.